The minimum Gasteiger partial charge on any atom is -0.429 e. The molecule has 0 atom stereocenters. The Balaban J connectivity index is 0.000000446. The maximum atomic E-state index is 7.00. The minimum atomic E-state index is 0. The van der Waals surface area contributed by atoms with Crippen LogP contribution in [0.2, 0.25) is 0 Å². The number of aromatic nitrogens is 1. The molecule has 3 N–H and O–H groups in total. The number of nitrogens with one attached hydrogen (secondary N) is 1. The maximum Gasteiger partial charge on any atom is 0.482 e. The van der Waals surface area contributed by atoms with E-state index in [1.54, 1.807) is 0 Å². The standard InChI is InChI=1S/C18H13N.BH2O2/c1-2-7-13(8-3-1)14-10-6-11-16-15-9-4-5-12-17(15)19-18(14)16;2-1-3/h1-12,19H;2-3H. The molecular formula is C18H15BNO2. The van der Waals surface area contributed by atoms with Crippen LogP contribution in [0, 0.1) is 0 Å². The van der Waals surface area contributed by atoms with Crippen molar-refractivity contribution in [3.05, 3.63) is 72.8 Å². The molecular weight excluding hydrogens is 273 g/mol. The Labute approximate surface area is 129 Å². The van der Waals surface area contributed by atoms with Gasteiger partial charge >= 0.3 is 7.69 Å². The maximum absolute atomic E-state index is 7.00. The Morgan fingerprint density at radius 2 is 1.32 bits per heavy atom. The van der Waals surface area contributed by atoms with Crippen LogP contribution in [0.1, 0.15) is 0 Å². The van der Waals surface area contributed by atoms with Crippen LogP contribution in [-0.2, 0) is 0 Å². The molecule has 0 saturated carbocycles. The molecule has 0 amide bonds. The Kier molecular flexibility index (Phi) is 4.23. The summed E-state index contributed by atoms with van der Waals surface area (Å²) >= 11 is 0. The first-order chi connectivity index (χ1) is 10.8. The Morgan fingerprint density at radius 3 is 2.09 bits per heavy atom. The molecule has 1 aromatic heterocycles. The van der Waals surface area contributed by atoms with Gasteiger partial charge in [0.1, 0.15) is 0 Å². The average molecular weight is 288 g/mol. The van der Waals surface area contributed by atoms with Crippen molar-refractivity contribution in [1.82, 2.24) is 4.98 Å². The second-order valence-electron chi connectivity index (χ2n) is 4.88. The zero-order valence-corrected chi connectivity index (χ0v) is 11.9. The molecule has 0 bridgehead atoms. The molecule has 0 unspecified atom stereocenters. The summed E-state index contributed by atoms with van der Waals surface area (Å²) in [7, 11) is 0. The number of aromatic amines is 1. The predicted octanol–water partition coefficient (Wildman–Crippen LogP) is 3.49. The van der Waals surface area contributed by atoms with Crippen LogP contribution >= 0.6 is 0 Å². The van der Waals surface area contributed by atoms with Gasteiger partial charge in [0.05, 0.1) is 5.52 Å². The van der Waals surface area contributed by atoms with Gasteiger partial charge in [-0.1, -0.05) is 66.7 Å². The van der Waals surface area contributed by atoms with Crippen molar-refractivity contribution >= 4 is 29.5 Å². The molecule has 3 nitrogen and oxygen atoms in total. The number of hydrogen-bond donors (Lipinski definition) is 3. The van der Waals surface area contributed by atoms with Crippen molar-refractivity contribution in [3.63, 3.8) is 0 Å². The highest BCUT2D eigenvalue weighted by Crippen LogP contribution is 2.32. The molecule has 1 radical (unpaired) electrons. The highest BCUT2D eigenvalue weighted by Gasteiger charge is 2.08. The van der Waals surface area contributed by atoms with E-state index in [0.717, 1.165) is 0 Å². The van der Waals surface area contributed by atoms with Crippen molar-refractivity contribution in [3.8, 4) is 11.1 Å². The summed E-state index contributed by atoms with van der Waals surface area (Å²) in [5.74, 6) is 0. The molecule has 0 spiro atoms. The molecule has 3 aromatic carbocycles. The normalized spacial score (nSPS) is 10.3. The summed E-state index contributed by atoms with van der Waals surface area (Å²) in [6.07, 6.45) is 0. The van der Waals surface area contributed by atoms with Crippen molar-refractivity contribution in [1.29, 1.82) is 0 Å². The van der Waals surface area contributed by atoms with E-state index in [9.17, 15) is 0 Å². The van der Waals surface area contributed by atoms with Gasteiger partial charge in [-0.25, -0.2) is 0 Å². The highest BCUT2D eigenvalue weighted by atomic mass is 16.4. The largest absolute Gasteiger partial charge is 0.482 e. The van der Waals surface area contributed by atoms with Crippen molar-refractivity contribution in [2.24, 2.45) is 0 Å². The molecule has 1 heterocycles. The first-order valence-electron chi connectivity index (χ1n) is 7.00. The van der Waals surface area contributed by atoms with Crippen LogP contribution in [0.15, 0.2) is 72.8 Å². The molecule has 4 heteroatoms. The van der Waals surface area contributed by atoms with Crippen LogP contribution in [0.5, 0.6) is 0 Å². The van der Waals surface area contributed by atoms with Crippen LogP contribution in [0.25, 0.3) is 32.9 Å². The number of benzene rings is 3. The van der Waals surface area contributed by atoms with E-state index in [4.69, 9.17) is 10.0 Å². The van der Waals surface area contributed by atoms with Gasteiger partial charge in [-0.3, -0.25) is 0 Å². The summed E-state index contributed by atoms with van der Waals surface area (Å²) in [6, 6.07) is 25.5. The smallest absolute Gasteiger partial charge is 0.429 e. The number of H-pyrrole nitrogens is 1. The Hall–Kier alpha value is -2.56. The molecule has 0 saturated heterocycles. The predicted molar refractivity (Wildman–Crippen MR) is 91.4 cm³/mol. The lowest BCUT2D eigenvalue weighted by Crippen LogP contribution is -1.79. The molecule has 4 rings (SSSR count). The SMILES string of the molecule is O[B]O.c1ccc(-c2cccc3c2[nH]c2ccccc23)cc1. The van der Waals surface area contributed by atoms with Gasteiger partial charge in [-0.05, 0) is 11.6 Å². The Bertz CT molecular complexity index is 887. The van der Waals surface area contributed by atoms with E-state index in [2.05, 4.69) is 77.8 Å². The highest BCUT2D eigenvalue weighted by molar-refractivity contribution is 6.13. The first-order valence-corrected chi connectivity index (χ1v) is 7.00. The van der Waals surface area contributed by atoms with Crippen molar-refractivity contribution < 1.29 is 10.0 Å². The Morgan fingerprint density at radius 1 is 0.682 bits per heavy atom. The molecule has 4 aromatic rings. The zero-order valence-electron chi connectivity index (χ0n) is 11.9. The summed E-state index contributed by atoms with van der Waals surface area (Å²) in [6.45, 7) is 0. The van der Waals surface area contributed by atoms with Gasteiger partial charge in [0.2, 0.25) is 0 Å². The minimum absolute atomic E-state index is 0. The number of fused-ring (bicyclic) bond motifs is 3. The van der Waals surface area contributed by atoms with Gasteiger partial charge in [0.25, 0.3) is 0 Å². The fourth-order valence-corrected chi connectivity index (χ4v) is 2.73. The lowest BCUT2D eigenvalue weighted by Gasteiger charge is -2.03. The first kappa shape index (κ1) is 14.4. The topological polar surface area (TPSA) is 56.2 Å². The van der Waals surface area contributed by atoms with E-state index in [1.165, 1.54) is 32.9 Å². The lowest BCUT2D eigenvalue weighted by atomic mass is 10.0. The van der Waals surface area contributed by atoms with Crippen molar-refractivity contribution in [2.45, 2.75) is 0 Å². The van der Waals surface area contributed by atoms with E-state index in [-0.39, 0.29) is 7.69 Å². The monoisotopic (exact) mass is 288 g/mol. The lowest BCUT2D eigenvalue weighted by molar-refractivity contribution is 0.448. The number of para-hydroxylation sites is 2. The van der Waals surface area contributed by atoms with Gasteiger partial charge < -0.3 is 15.0 Å². The molecule has 0 aliphatic heterocycles. The quantitative estimate of drug-likeness (QED) is 0.470. The van der Waals surface area contributed by atoms with Crippen LogP contribution in [0.4, 0.5) is 0 Å². The summed E-state index contributed by atoms with van der Waals surface area (Å²) in [4.78, 5) is 3.55. The average Bonchev–Trinajstić information content (AvgIpc) is 2.95. The third kappa shape index (κ3) is 2.62. The third-order valence-electron chi connectivity index (χ3n) is 3.63. The van der Waals surface area contributed by atoms with E-state index < -0.39 is 0 Å². The van der Waals surface area contributed by atoms with Crippen molar-refractivity contribution in [2.75, 3.05) is 0 Å². The fourth-order valence-electron chi connectivity index (χ4n) is 2.73. The molecule has 0 fully saturated rings. The van der Waals surface area contributed by atoms with Gasteiger partial charge in [-0.15, -0.1) is 0 Å². The molecule has 0 aliphatic carbocycles. The summed E-state index contributed by atoms with van der Waals surface area (Å²) in [5, 5.41) is 16.6. The fraction of sp³-hybridized carbons (Fsp3) is 0. The van der Waals surface area contributed by atoms with E-state index in [1.807, 2.05) is 0 Å². The van der Waals surface area contributed by atoms with Crippen LogP contribution < -0.4 is 0 Å². The third-order valence-corrected chi connectivity index (χ3v) is 3.63. The van der Waals surface area contributed by atoms with Crippen LogP contribution in [0.3, 0.4) is 0 Å². The van der Waals surface area contributed by atoms with Gasteiger partial charge in [0, 0.05) is 21.9 Å². The summed E-state index contributed by atoms with van der Waals surface area (Å²) < 4.78 is 0. The van der Waals surface area contributed by atoms with E-state index in [0.29, 0.717) is 0 Å². The molecule has 22 heavy (non-hydrogen) atoms. The van der Waals surface area contributed by atoms with E-state index >= 15 is 0 Å². The second-order valence-corrected chi connectivity index (χ2v) is 4.88. The zero-order chi connectivity index (χ0) is 15.4. The summed E-state index contributed by atoms with van der Waals surface area (Å²) in [5.41, 5.74) is 4.92. The second kappa shape index (κ2) is 6.47. The van der Waals surface area contributed by atoms with Gasteiger partial charge in [-0.2, -0.15) is 0 Å². The number of hydrogen-bond acceptors (Lipinski definition) is 2. The molecule has 0 aliphatic rings. The van der Waals surface area contributed by atoms with Gasteiger partial charge in [0.15, 0.2) is 0 Å². The molecule has 107 valence electrons. The van der Waals surface area contributed by atoms with Crippen LogP contribution in [-0.4, -0.2) is 22.7 Å². The number of rotatable bonds is 1.